The van der Waals surface area contributed by atoms with Crippen LogP contribution < -0.4 is 5.32 Å². The molecule has 162 valence electrons. The van der Waals surface area contributed by atoms with Gasteiger partial charge in [-0.1, -0.05) is 59.3 Å². The Hall–Kier alpha value is -0.460. The SMILES string of the molecule is C1CCC(NC2CCCCC2)CC1.CC12CCC(C(S(=O)(=O)O)C1=O)C2(C)C. The molecule has 4 fully saturated rings. The van der Waals surface area contributed by atoms with Crippen molar-refractivity contribution in [1.29, 1.82) is 0 Å². The smallest absolute Gasteiger partial charge is 0.275 e. The van der Waals surface area contributed by atoms with Gasteiger partial charge >= 0.3 is 0 Å². The quantitative estimate of drug-likeness (QED) is 0.665. The van der Waals surface area contributed by atoms with E-state index in [0.29, 0.717) is 6.42 Å². The minimum atomic E-state index is -4.24. The van der Waals surface area contributed by atoms with E-state index < -0.39 is 20.8 Å². The standard InChI is InChI=1S/C12H23N.C10H16O4S/c1-3-7-11(8-4-1)13-12-9-5-2-6-10-12;1-9(2)6-4-5-10(9,3)8(11)7(6)15(12,13)14/h11-13H,1-10H2;6-7H,4-5H2,1-3H3,(H,12,13,14). The molecule has 0 amide bonds. The molecule has 0 aliphatic heterocycles. The first kappa shape index (κ1) is 22.2. The van der Waals surface area contributed by atoms with Crippen molar-refractivity contribution in [3.05, 3.63) is 0 Å². The molecule has 3 atom stereocenters. The van der Waals surface area contributed by atoms with Crippen molar-refractivity contribution in [3.8, 4) is 0 Å². The Bertz CT molecular complexity index is 646. The van der Waals surface area contributed by atoms with E-state index in [4.69, 9.17) is 4.55 Å². The van der Waals surface area contributed by atoms with Crippen molar-refractivity contribution in [2.24, 2.45) is 16.7 Å². The summed E-state index contributed by atoms with van der Waals surface area (Å²) in [7, 11) is -4.24. The number of hydrogen-bond donors (Lipinski definition) is 2. The van der Waals surface area contributed by atoms with Crippen LogP contribution in [0.3, 0.4) is 0 Å². The van der Waals surface area contributed by atoms with E-state index in [0.717, 1.165) is 18.5 Å². The lowest BCUT2D eigenvalue weighted by atomic mass is 9.70. The molecule has 6 heteroatoms. The molecule has 0 aromatic rings. The first-order valence-corrected chi connectivity index (χ1v) is 12.8. The fourth-order valence-electron chi connectivity index (χ4n) is 6.22. The summed E-state index contributed by atoms with van der Waals surface area (Å²) in [4.78, 5) is 12.0. The average Bonchev–Trinajstić information content (AvgIpc) is 2.95. The molecule has 5 nitrogen and oxygen atoms in total. The van der Waals surface area contributed by atoms with Gasteiger partial charge in [0.2, 0.25) is 0 Å². The van der Waals surface area contributed by atoms with Crippen LogP contribution in [0.15, 0.2) is 0 Å². The summed E-state index contributed by atoms with van der Waals surface area (Å²) in [5.74, 6) is -0.531. The lowest BCUT2D eigenvalue weighted by Gasteiger charge is -2.32. The summed E-state index contributed by atoms with van der Waals surface area (Å²) < 4.78 is 31.5. The molecule has 4 saturated carbocycles. The molecule has 28 heavy (non-hydrogen) atoms. The first-order valence-electron chi connectivity index (χ1n) is 11.3. The molecule has 0 saturated heterocycles. The normalized spacial score (nSPS) is 36.2. The Morgan fingerprint density at radius 2 is 1.32 bits per heavy atom. The maximum Gasteiger partial charge on any atom is 0.275 e. The lowest BCUT2D eigenvalue weighted by molar-refractivity contribution is -0.128. The molecule has 0 aromatic heterocycles. The number of nitrogens with one attached hydrogen (secondary N) is 1. The van der Waals surface area contributed by atoms with Gasteiger partial charge in [0.25, 0.3) is 10.1 Å². The zero-order valence-electron chi connectivity index (χ0n) is 17.9. The average molecular weight is 414 g/mol. The second-order valence-electron chi connectivity index (χ2n) is 10.3. The van der Waals surface area contributed by atoms with Crippen LogP contribution in [0.25, 0.3) is 0 Å². The van der Waals surface area contributed by atoms with E-state index in [-0.39, 0.29) is 17.1 Å². The van der Waals surface area contributed by atoms with Gasteiger partial charge in [0.15, 0.2) is 5.78 Å². The zero-order chi connectivity index (χ0) is 20.6. The van der Waals surface area contributed by atoms with Gasteiger partial charge < -0.3 is 5.32 Å². The Morgan fingerprint density at radius 3 is 1.64 bits per heavy atom. The van der Waals surface area contributed by atoms with E-state index >= 15 is 0 Å². The maximum absolute atomic E-state index is 12.0. The number of carbonyl (C=O) groups excluding carboxylic acids is 1. The third-order valence-electron chi connectivity index (χ3n) is 8.47. The predicted molar refractivity (Wildman–Crippen MR) is 112 cm³/mol. The Morgan fingerprint density at radius 1 is 0.857 bits per heavy atom. The number of fused-ring (bicyclic) bond motifs is 2. The van der Waals surface area contributed by atoms with Gasteiger partial charge in [-0.15, -0.1) is 0 Å². The second kappa shape index (κ2) is 8.35. The van der Waals surface area contributed by atoms with Crippen molar-refractivity contribution in [1.82, 2.24) is 5.32 Å². The molecule has 0 spiro atoms. The van der Waals surface area contributed by atoms with Crippen LogP contribution in [0.1, 0.15) is 97.8 Å². The molecule has 0 heterocycles. The van der Waals surface area contributed by atoms with E-state index in [1.807, 2.05) is 20.8 Å². The van der Waals surface area contributed by atoms with Gasteiger partial charge in [0.1, 0.15) is 5.25 Å². The van der Waals surface area contributed by atoms with Crippen LogP contribution in [0, 0.1) is 16.7 Å². The number of carbonyl (C=O) groups is 1. The highest BCUT2D eigenvalue weighted by Crippen LogP contribution is 2.64. The molecular formula is C22H39NO4S. The lowest BCUT2D eigenvalue weighted by Crippen LogP contribution is -2.40. The molecule has 4 rings (SSSR count). The predicted octanol–water partition coefficient (Wildman–Crippen LogP) is 4.51. The third-order valence-corrected chi connectivity index (χ3v) is 9.66. The third kappa shape index (κ3) is 4.20. The Balaban J connectivity index is 0.000000162. The molecule has 3 unspecified atom stereocenters. The van der Waals surface area contributed by atoms with Crippen molar-refractivity contribution in [3.63, 3.8) is 0 Å². The number of ketones is 1. The van der Waals surface area contributed by atoms with Crippen LogP contribution in [-0.2, 0) is 14.9 Å². The highest BCUT2D eigenvalue weighted by atomic mass is 32.2. The minimum Gasteiger partial charge on any atom is -0.311 e. The minimum absolute atomic E-state index is 0.231. The molecular weight excluding hydrogens is 374 g/mol. The summed E-state index contributed by atoms with van der Waals surface area (Å²) in [6.07, 6.45) is 16.0. The highest BCUT2D eigenvalue weighted by Gasteiger charge is 2.69. The van der Waals surface area contributed by atoms with Gasteiger partial charge in [0.05, 0.1) is 0 Å². The van der Waals surface area contributed by atoms with Gasteiger partial charge in [-0.3, -0.25) is 9.35 Å². The molecule has 2 bridgehead atoms. The van der Waals surface area contributed by atoms with Crippen molar-refractivity contribution in [2.45, 2.75) is 115 Å². The zero-order valence-corrected chi connectivity index (χ0v) is 18.7. The Labute approximate surface area is 171 Å². The topological polar surface area (TPSA) is 83.5 Å². The summed E-state index contributed by atoms with van der Waals surface area (Å²) in [5.41, 5.74) is -0.914. The fraction of sp³-hybridized carbons (Fsp3) is 0.955. The Kier molecular flexibility index (Phi) is 6.63. The summed E-state index contributed by atoms with van der Waals surface area (Å²) in [6.45, 7) is 5.67. The molecule has 2 N–H and O–H groups in total. The van der Waals surface area contributed by atoms with Crippen molar-refractivity contribution >= 4 is 15.9 Å². The highest BCUT2D eigenvalue weighted by molar-refractivity contribution is 7.87. The number of rotatable bonds is 3. The van der Waals surface area contributed by atoms with E-state index in [2.05, 4.69) is 5.32 Å². The molecule has 0 radical (unpaired) electrons. The largest absolute Gasteiger partial charge is 0.311 e. The van der Waals surface area contributed by atoms with Crippen LogP contribution in [0.2, 0.25) is 0 Å². The van der Waals surface area contributed by atoms with Crippen LogP contribution in [0.5, 0.6) is 0 Å². The summed E-state index contributed by atoms with van der Waals surface area (Å²) in [5, 5.41) is 2.67. The molecule has 4 aliphatic rings. The molecule has 0 aromatic carbocycles. The summed E-state index contributed by atoms with van der Waals surface area (Å²) >= 11 is 0. The second-order valence-corrected chi connectivity index (χ2v) is 11.9. The monoisotopic (exact) mass is 413 g/mol. The van der Waals surface area contributed by atoms with Gasteiger partial charge in [-0.25, -0.2) is 0 Å². The molecule has 4 aliphatic carbocycles. The van der Waals surface area contributed by atoms with E-state index in [1.54, 1.807) is 0 Å². The number of Topliss-reactive ketones (excluding diaryl/α,β-unsaturated/α-hetero) is 1. The van der Waals surface area contributed by atoms with Gasteiger partial charge in [0, 0.05) is 17.5 Å². The van der Waals surface area contributed by atoms with Crippen LogP contribution >= 0.6 is 0 Å². The van der Waals surface area contributed by atoms with Crippen LogP contribution in [-0.4, -0.2) is 36.1 Å². The van der Waals surface area contributed by atoms with Crippen molar-refractivity contribution in [2.75, 3.05) is 0 Å². The first-order chi connectivity index (χ1) is 13.1. The van der Waals surface area contributed by atoms with Gasteiger partial charge in [-0.2, -0.15) is 8.42 Å². The summed E-state index contributed by atoms with van der Waals surface area (Å²) in [6, 6.07) is 1.74. The van der Waals surface area contributed by atoms with Gasteiger partial charge in [-0.05, 0) is 49.9 Å². The number of hydrogen-bond acceptors (Lipinski definition) is 4. The van der Waals surface area contributed by atoms with Crippen molar-refractivity contribution < 1.29 is 17.8 Å². The van der Waals surface area contributed by atoms with E-state index in [9.17, 15) is 13.2 Å². The maximum atomic E-state index is 12.0. The fourth-order valence-corrected chi connectivity index (χ4v) is 7.64. The van der Waals surface area contributed by atoms with E-state index in [1.165, 1.54) is 64.2 Å². The van der Waals surface area contributed by atoms with Crippen LogP contribution in [0.4, 0.5) is 0 Å².